The maximum Gasteiger partial charge on any atom is 0.258 e. The fourth-order valence-electron chi connectivity index (χ4n) is 3.34. The molecule has 0 atom stereocenters. The number of hydrogen-bond donors (Lipinski definition) is 0. The monoisotopic (exact) mass is 354 g/mol. The number of pyridine rings is 1. The molecule has 119 valence electrons. The minimum Gasteiger partial charge on any atom is -0.664 e. The average Bonchev–Trinajstić information content (AvgIpc) is 2.89. The third-order valence-corrected chi connectivity index (χ3v) is 4.38. The van der Waals surface area contributed by atoms with E-state index in [0.717, 1.165) is 16.6 Å². The van der Waals surface area contributed by atoms with Crippen molar-refractivity contribution in [2.45, 2.75) is 6.54 Å². The number of carbonyl (C=O) groups excluding carboxylic acids is 1. The third kappa shape index (κ3) is 2.27. The Bertz CT molecular complexity index is 1010. The smallest absolute Gasteiger partial charge is 0.258 e. The molecule has 2 aromatic carbocycles. The summed E-state index contributed by atoms with van der Waals surface area (Å²) in [6.07, 6.45) is 0. The maximum atomic E-state index is 12.9. The van der Waals surface area contributed by atoms with E-state index in [-0.39, 0.29) is 29.9 Å². The minimum absolute atomic E-state index is 0. The SMILES string of the molecule is C[N-]CCn1c2c(c3ccccc3c1=O)C(=O)c1ccccc1-2.[V]. The first-order chi connectivity index (χ1) is 11.2. The van der Waals surface area contributed by atoms with Gasteiger partial charge in [-0.15, -0.1) is 6.54 Å². The van der Waals surface area contributed by atoms with Crippen LogP contribution in [-0.2, 0) is 25.1 Å². The number of likely N-dealkylation sites (N-methyl/N-ethyl adjacent to an activating group) is 1. The van der Waals surface area contributed by atoms with Gasteiger partial charge in [0.05, 0.1) is 11.3 Å². The zero-order valence-corrected chi connectivity index (χ0v) is 14.6. The summed E-state index contributed by atoms with van der Waals surface area (Å²) in [4.78, 5) is 25.8. The maximum absolute atomic E-state index is 12.9. The van der Waals surface area contributed by atoms with Gasteiger partial charge in [0.2, 0.25) is 0 Å². The molecular formula is C19H15N2O2V-. The van der Waals surface area contributed by atoms with E-state index >= 15 is 0 Å². The number of nitrogens with zero attached hydrogens (tertiary/aromatic N) is 2. The van der Waals surface area contributed by atoms with E-state index in [9.17, 15) is 9.59 Å². The zero-order chi connectivity index (χ0) is 16.0. The first-order valence-electron chi connectivity index (χ1n) is 7.59. The van der Waals surface area contributed by atoms with Crippen LogP contribution < -0.4 is 5.56 Å². The van der Waals surface area contributed by atoms with Gasteiger partial charge >= 0.3 is 0 Å². The van der Waals surface area contributed by atoms with Crippen LogP contribution >= 0.6 is 0 Å². The molecule has 0 N–H and O–H groups in total. The van der Waals surface area contributed by atoms with E-state index in [1.54, 1.807) is 17.7 Å². The first-order valence-corrected chi connectivity index (χ1v) is 7.59. The Morgan fingerprint density at radius 1 is 0.917 bits per heavy atom. The van der Waals surface area contributed by atoms with E-state index in [4.69, 9.17) is 0 Å². The van der Waals surface area contributed by atoms with Crippen LogP contribution in [-0.4, -0.2) is 23.9 Å². The molecule has 0 spiro atoms. The van der Waals surface area contributed by atoms with Crippen LogP contribution in [0.3, 0.4) is 0 Å². The van der Waals surface area contributed by atoms with Gasteiger partial charge in [-0.25, -0.2) is 0 Å². The van der Waals surface area contributed by atoms with Crippen molar-refractivity contribution in [1.82, 2.24) is 4.57 Å². The van der Waals surface area contributed by atoms with Crippen LogP contribution in [0, 0.1) is 0 Å². The molecule has 0 fully saturated rings. The van der Waals surface area contributed by atoms with Crippen LogP contribution in [0.4, 0.5) is 0 Å². The van der Waals surface area contributed by atoms with Crippen LogP contribution in [0.1, 0.15) is 15.9 Å². The second-order valence-corrected chi connectivity index (χ2v) is 5.64. The van der Waals surface area contributed by atoms with Gasteiger partial charge in [0.15, 0.2) is 5.78 Å². The summed E-state index contributed by atoms with van der Waals surface area (Å²) in [5.74, 6) is -0.00557. The van der Waals surface area contributed by atoms with E-state index < -0.39 is 0 Å². The summed E-state index contributed by atoms with van der Waals surface area (Å²) in [5.41, 5.74) is 2.81. The van der Waals surface area contributed by atoms with Crippen molar-refractivity contribution in [3.63, 3.8) is 0 Å². The Balaban J connectivity index is 0.00000169. The van der Waals surface area contributed by atoms with Crippen molar-refractivity contribution in [3.05, 3.63) is 75.3 Å². The Labute approximate surface area is 151 Å². The van der Waals surface area contributed by atoms with E-state index in [1.165, 1.54) is 0 Å². The van der Waals surface area contributed by atoms with Gasteiger partial charge in [0, 0.05) is 47.0 Å². The van der Waals surface area contributed by atoms with Gasteiger partial charge < -0.3 is 9.88 Å². The van der Waals surface area contributed by atoms with Crippen molar-refractivity contribution in [1.29, 1.82) is 0 Å². The van der Waals surface area contributed by atoms with Crippen molar-refractivity contribution >= 4 is 16.6 Å². The normalized spacial score (nSPS) is 12.0. The predicted octanol–water partition coefficient (Wildman–Crippen LogP) is 3.21. The summed E-state index contributed by atoms with van der Waals surface area (Å²) in [7, 11) is 1.73. The second kappa shape index (κ2) is 6.40. The molecule has 3 aromatic rings. The number of ketones is 1. The quantitative estimate of drug-likeness (QED) is 0.567. The fraction of sp³-hybridized carbons (Fsp3) is 0.158. The first kappa shape index (κ1) is 16.7. The molecule has 0 amide bonds. The summed E-state index contributed by atoms with van der Waals surface area (Å²) in [6.45, 7) is 1.02. The molecule has 1 aromatic heterocycles. The number of benzene rings is 2. The molecule has 1 radical (unpaired) electrons. The standard InChI is InChI=1S/C19H15N2O2.V/c1-20-10-11-21-17-13-7-3-4-8-14(13)18(22)16(17)12-6-2-5-9-15(12)19(21)23;/h2-9H,10-11H2,1H3;/q-1;. The Kier molecular flexibility index (Phi) is 4.46. The van der Waals surface area contributed by atoms with Crippen molar-refractivity contribution in [3.8, 4) is 11.3 Å². The number of aromatic nitrogens is 1. The van der Waals surface area contributed by atoms with Gasteiger partial charge in [0.1, 0.15) is 0 Å². The Morgan fingerprint density at radius 2 is 1.54 bits per heavy atom. The third-order valence-electron chi connectivity index (χ3n) is 4.38. The Hall–Kier alpha value is -2.14. The summed E-state index contributed by atoms with van der Waals surface area (Å²) < 4.78 is 1.70. The molecule has 5 heteroatoms. The van der Waals surface area contributed by atoms with Crippen LogP contribution in [0.15, 0.2) is 53.3 Å². The van der Waals surface area contributed by atoms with Gasteiger partial charge in [0.25, 0.3) is 5.56 Å². The van der Waals surface area contributed by atoms with E-state index in [0.29, 0.717) is 29.6 Å². The van der Waals surface area contributed by atoms with Crippen molar-refractivity contribution < 1.29 is 23.4 Å². The number of carbonyl (C=O) groups is 1. The molecule has 0 saturated heterocycles. The molecular weight excluding hydrogens is 339 g/mol. The number of hydrogen-bond acceptors (Lipinski definition) is 2. The molecule has 4 rings (SSSR count). The second-order valence-electron chi connectivity index (χ2n) is 5.64. The van der Waals surface area contributed by atoms with Crippen molar-refractivity contribution in [2.24, 2.45) is 0 Å². The molecule has 1 aliphatic carbocycles. The molecule has 0 bridgehead atoms. The molecule has 0 saturated carbocycles. The summed E-state index contributed by atoms with van der Waals surface area (Å²) in [6, 6.07) is 14.8. The zero-order valence-electron chi connectivity index (χ0n) is 13.2. The molecule has 4 nitrogen and oxygen atoms in total. The summed E-state index contributed by atoms with van der Waals surface area (Å²) in [5, 5.41) is 5.43. The van der Waals surface area contributed by atoms with Gasteiger partial charge in [-0.05, 0) is 6.07 Å². The van der Waals surface area contributed by atoms with Gasteiger partial charge in [-0.3, -0.25) is 9.59 Å². The van der Waals surface area contributed by atoms with Gasteiger partial charge in [-0.2, -0.15) is 7.05 Å². The number of rotatable bonds is 3. The predicted molar refractivity (Wildman–Crippen MR) is 91.2 cm³/mol. The molecule has 1 aliphatic rings. The Morgan fingerprint density at radius 3 is 2.25 bits per heavy atom. The van der Waals surface area contributed by atoms with Crippen LogP contribution in [0.25, 0.3) is 27.3 Å². The largest absolute Gasteiger partial charge is 0.664 e. The minimum atomic E-state index is -0.0625. The van der Waals surface area contributed by atoms with Crippen molar-refractivity contribution in [2.75, 3.05) is 13.6 Å². The average molecular weight is 354 g/mol. The molecule has 0 unspecified atom stereocenters. The fourth-order valence-corrected chi connectivity index (χ4v) is 3.34. The van der Waals surface area contributed by atoms with Crippen LogP contribution in [0.5, 0.6) is 0 Å². The van der Waals surface area contributed by atoms with Gasteiger partial charge in [-0.1, -0.05) is 42.5 Å². The van der Waals surface area contributed by atoms with E-state index in [2.05, 4.69) is 5.32 Å². The molecule has 24 heavy (non-hydrogen) atoms. The van der Waals surface area contributed by atoms with E-state index in [1.807, 2.05) is 42.5 Å². The molecule has 1 heterocycles. The molecule has 0 aliphatic heterocycles. The number of fused-ring (bicyclic) bond motifs is 5. The summed E-state index contributed by atoms with van der Waals surface area (Å²) >= 11 is 0. The van der Waals surface area contributed by atoms with Crippen LogP contribution in [0.2, 0.25) is 0 Å². The topological polar surface area (TPSA) is 53.2 Å².